The normalized spacial score (nSPS) is 17.9. The average Bonchev–Trinajstić information content (AvgIpc) is 3.17. The largest absolute Gasteiger partial charge is 0.369 e. The van der Waals surface area contributed by atoms with E-state index in [-0.39, 0.29) is 18.1 Å². The van der Waals surface area contributed by atoms with Crippen LogP contribution in [0.15, 0.2) is 53.9 Å². The maximum atomic E-state index is 12.9. The Hall–Kier alpha value is -2.26. The maximum Gasteiger partial charge on any atom is 0.262 e. The van der Waals surface area contributed by atoms with Gasteiger partial charge in [0, 0.05) is 37.1 Å². The number of halogens is 1. The molecule has 0 N–H and O–H groups in total. The second kappa shape index (κ2) is 8.47. The fraction of sp³-hybridized carbons (Fsp3) is 0.333. The zero-order chi connectivity index (χ0) is 21.3. The Bertz CT molecular complexity index is 1160. The first-order valence-corrected chi connectivity index (χ1v) is 11.5. The number of benzene rings is 1. The van der Waals surface area contributed by atoms with Gasteiger partial charge in [-0.05, 0) is 42.7 Å². The monoisotopic (exact) mass is 446 g/mol. The van der Waals surface area contributed by atoms with Crippen molar-refractivity contribution in [1.82, 2.24) is 18.8 Å². The number of morpholine rings is 1. The van der Waals surface area contributed by atoms with Gasteiger partial charge in [-0.3, -0.25) is 4.98 Å². The number of nitrogens with zero attached hydrogens (tertiary/aromatic N) is 4. The summed E-state index contributed by atoms with van der Waals surface area (Å²) in [6.07, 6.45) is 3.21. The lowest BCUT2D eigenvalue weighted by molar-refractivity contribution is -0.00510. The van der Waals surface area contributed by atoms with Crippen LogP contribution in [0.2, 0.25) is 5.02 Å². The number of hydrogen-bond donors (Lipinski definition) is 0. The summed E-state index contributed by atoms with van der Waals surface area (Å²) in [6, 6.07) is 11.7. The molecule has 1 atom stereocenters. The summed E-state index contributed by atoms with van der Waals surface area (Å²) in [6.45, 7) is 2.70. The lowest BCUT2D eigenvalue weighted by Gasteiger charge is -2.31. The Kier molecular flexibility index (Phi) is 5.92. The average molecular weight is 447 g/mol. The summed E-state index contributed by atoms with van der Waals surface area (Å²) in [5, 5.41) is 0.761. The summed E-state index contributed by atoms with van der Waals surface area (Å²) >= 11 is 6.31. The zero-order valence-corrected chi connectivity index (χ0v) is 18.4. The fourth-order valence-electron chi connectivity index (χ4n) is 3.57. The lowest BCUT2D eigenvalue weighted by atomic mass is 10.0. The predicted molar refractivity (Wildman–Crippen MR) is 114 cm³/mol. The van der Waals surface area contributed by atoms with Crippen molar-refractivity contribution in [2.24, 2.45) is 7.05 Å². The molecule has 30 heavy (non-hydrogen) atoms. The summed E-state index contributed by atoms with van der Waals surface area (Å²) in [5.74, 6) is 0. The van der Waals surface area contributed by atoms with Gasteiger partial charge < -0.3 is 9.30 Å². The maximum absolute atomic E-state index is 12.9. The quantitative estimate of drug-likeness (QED) is 0.601. The molecule has 0 radical (unpaired) electrons. The van der Waals surface area contributed by atoms with E-state index in [1.807, 2.05) is 43.3 Å². The van der Waals surface area contributed by atoms with E-state index in [0.717, 1.165) is 27.5 Å². The Morgan fingerprint density at radius 3 is 2.80 bits per heavy atom. The number of imidazole rings is 1. The third-order valence-electron chi connectivity index (χ3n) is 5.03. The van der Waals surface area contributed by atoms with Gasteiger partial charge in [-0.25, -0.2) is 13.4 Å². The van der Waals surface area contributed by atoms with Crippen LogP contribution in [0.3, 0.4) is 0 Å². The van der Waals surface area contributed by atoms with Gasteiger partial charge >= 0.3 is 0 Å². The molecular formula is C21H23ClN4O3S. The van der Waals surface area contributed by atoms with Crippen LogP contribution in [0.5, 0.6) is 0 Å². The lowest BCUT2D eigenvalue weighted by Crippen LogP contribution is -2.42. The number of hydrogen-bond acceptors (Lipinski definition) is 5. The van der Waals surface area contributed by atoms with E-state index in [4.69, 9.17) is 16.3 Å². The number of pyridine rings is 1. The van der Waals surface area contributed by atoms with E-state index >= 15 is 0 Å². The van der Waals surface area contributed by atoms with Gasteiger partial charge in [-0.15, -0.1) is 0 Å². The van der Waals surface area contributed by atoms with Crippen LogP contribution in [0, 0.1) is 6.92 Å². The van der Waals surface area contributed by atoms with Crippen molar-refractivity contribution in [2.75, 3.05) is 19.7 Å². The number of aromatic nitrogens is 3. The molecule has 4 rings (SSSR count). The Morgan fingerprint density at radius 2 is 2.07 bits per heavy atom. The molecule has 1 aromatic carbocycles. The van der Waals surface area contributed by atoms with Crippen LogP contribution >= 0.6 is 11.6 Å². The van der Waals surface area contributed by atoms with E-state index < -0.39 is 16.1 Å². The molecule has 0 saturated carbocycles. The summed E-state index contributed by atoms with van der Waals surface area (Å²) in [5.41, 5.74) is 3.65. The third-order valence-corrected chi connectivity index (χ3v) is 7.15. The number of aryl methyl sites for hydroxylation is 2. The number of sulfonamides is 1. The first-order chi connectivity index (χ1) is 14.3. The van der Waals surface area contributed by atoms with E-state index in [1.54, 1.807) is 11.6 Å². The molecule has 0 aliphatic carbocycles. The molecule has 7 nitrogen and oxygen atoms in total. The van der Waals surface area contributed by atoms with Crippen molar-refractivity contribution in [2.45, 2.75) is 24.5 Å². The predicted octanol–water partition coefficient (Wildman–Crippen LogP) is 3.13. The third kappa shape index (κ3) is 4.41. The second-order valence-electron chi connectivity index (χ2n) is 7.41. The van der Waals surface area contributed by atoms with Crippen molar-refractivity contribution in [1.29, 1.82) is 0 Å². The van der Waals surface area contributed by atoms with Gasteiger partial charge in [-0.2, -0.15) is 4.31 Å². The summed E-state index contributed by atoms with van der Waals surface area (Å²) in [4.78, 5) is 8.62. The molecule has 3 heterocycles. The van der Waals surface area contributed by atoms with Gasteiger partial charge in [0.25, 0.3) is 10.0 Å². The van der Waals surface area contributed by atoms with Crippen molar-refractivity contribution < 1.29 is 13.2 Å². The minimum atomic E-state index is -3.68. The summed E-state index contributed by atoms with van der Waals surface area (Å²) in [7, 11) is -1.94. The van der Waals surface area contributed by atoms with Gasteiger partial charge in [0.1, 0.15) is 6.10 Å². The van der Waals surface area contributed by atoms with E-state index in [1.165, 1.54) is 16.8 Å². The molecule has 9 heteroatoms. The number of rotatable bonds is 5. The molecule has 1 unspecified atom stereocenters. The van der Waals surface area contributed by atoms with Gasteiger partial charge in [0.05, 0.1) is 18.6 Å². The molecule has 1 saturated heterocycles. The first-order valence-electron chi connectivity index (χ1n) is 9.63. The molecule has 1 aliphatic heterocycles. The van der Waals surface area contributed by atoms with E-state index in [9.17, 15) is 8.42 Å². The molecule has 0 amide bonds. The highest BCUT2D eigenvalue weighted by molar-refractivity contribution is 7.89. The van der Waals surface area contributed by atoms with Gasteiger partial charge in [0.2, 0.25) is 0 Å². The van der Waals surface area contributed by atoms with Crippen LogP contribution in [-0.2, 0) is 28.2 Å². The smallest absolute Gasteiger partial charge is 0.262 e. The van der Waals surface area contributed by atoms with Crippen molar-refractivity contribution in [3.63, 3.8) is 0 Å². The Balaban J connectivity index is 1.58. The Morgan fingerprint density at radius 1 is 1.27 bits per heavy atom. The molecule has 1 aliphatic rings. The molecule has 0 bridgehead atoms. The summed E-state index contributed by atoms with van der Waals surface area (Å²) < 4.78 is 34.8. The molecule has 158 valence electrons. The van der Waals surface area contributed by atoms with Crippen LogP contribution in [0.1, 0.15) is 28.6 Å². The Labute approximate surface area is 181 Å². The van der Waals surface area contributed by atoms with Gasteiger partial charge in [0.15, 0.2) is 5.03 Å². The molecule has 0 spiro atoms. The molecular weight excluding hydrogens is 424 g/mol. The standard InChI is InChI=1S/C21H23ClN4O3S/c1-15-9-16(10-17-5-3-4-6-18(17)22)11-19(24-15)20-12-26(7-8-29-20)30(27,28)21-13-25(2)14-23-21/h3-6,9,11,13-14,20H,7-8,10,12H2,1-2H3. The molecule has 2 aromatic heterocycles. The van der Waals surface area contributed by atoms with Crippen molar-refractivity contribution in [3.8, 4) is 0 Å². The van der Waals surface area contributed by atoms with E-state index in [0.29, 0.717) is 13.0 Å². The van der Waals surface area contributed by atoms with E-state index in [2.05, 4.69) is 9.97 Å². The first kappa shape index (κ1) is 21.0. The fourth-order valence-corrected chi connectivity index (χ4v) is 5.17. The highest BCUT2D eigenvalue weighted by atomic mass is 35.5. The van der Waals surface area contributed by atoms with Crippen LogP contribution in [-0.4, -0.2) is 47.0 Å². The number of ether oxygens (including phenoxy) is 1. The SMILES string of the molecule is Cc1cc(Cc2ccccc2Cl)cc(C2CN(S(=O)(=O)c3cn(C)cn3)CCO2)n1. The van der Waals surface area contributed by atoms with Gasteiger partial charge in [-0.1, -0.05) is 29.8 Å². The van der Waals surface area contributed by atoms with Crippen molar-refractivity contribution >= 4 is 21.6 Å². The van der Waals surface area contributed by atoms with Crippen LogP contribution in [0.4, 0.5) is 0 Å². The minimum absolute atomic E-state index is 0.0438. The zero-order valence-electron chi connectivity index (χ0n) is 16.8. The van der Waals surface area contributed by atoms with Crippen LogP contribution < -0.4 is 0 Å². The van der Waals surface area contributed by atoms with Crippen molar-refractivity contribution in [3.05, 3.63) is 76.5 Å². The second-order valence-corrected chi connectivity index (χ2v) is 9.70. The topological polar surface area (TPSA) is 77.3 Å². The highest BCUT2D eigenvalue weighted by Gasteiger charge is 2.33. The molecule has 3 aromatic rings. The minimum Gasteiger partial charge on any atom is -0.369 e. The van der Waals surface area contributed by atoms with Crippen LogP contribution in [0.25, 0.3) is 0 Å². The molecule has 1 fully saturated rings. The highest BCUT2D eigenvalue weighted by Crippen LogP contribution is 2.27.